The zero-order chi connectivity index (χ0) is 26.6. The highest BCUT2D eigenvalue weighted by molar-refractivity contribution is 5.70. The Hall–Kier alpha value is -4.21. The molecule has 0 unspecified atom stereocenters. The third-order valence-electron chi connectivity index (χ3n) is 7.24. The van der Waals surface area contributed by atoms with E-state index >= 15 is 0 Å². The number of rotatable bonds is 7. The largest absolute Gasteiger partial charge is 0.494 e. The molecule has 10 nitrogen and oxygen atoms in total. The van der Waals surface area contributed by atoms with Gasteiger partial charge < -0.3 is 29.7 Å². The van der Waals surface area contributed by atoms with Crippen molar-refractivity contribution in [1.82, 2.24) is 14.5 Å². The van der Waals surface area contributed by atoms with E-state index in [0.29, 0.717) is 37.1 Å². The zero-order valence-electron chi connectivity index (χ0n) is 21.0. The summed E-state index contributed by atoms with van der Waals surface area (Å²) in [5, 5.41) is 30.1. The van der Waals surface area contributed by atoms with E-state index in [2.05, 4.69) is 4.98 Å². The molecule has 1 amide bonds. The van der Waals surface area contributed by atoms with Crippen LogP contribution in [0.15, 0.2) is 42.6 Å². The van der Waals surface area contributed by atoms with Gasteiger partial charge in [0.25, 0.3) is 0 Å². The van der Waals surface area contributed by atoms with Crippen LogP contribution in [0.5, 0.6) is 23.4 Å². The molecule has 1 aliphatic carbocycles. The van der Waals surface area contributed by atoms with Crippen LogP contribution in [0.3, 0.4) is 0 Å². The van der Waals surface area contributed by atoms with Crippen molar-refractivity contribution in [2.45, 2.75) is 44.9 Å². The Kier molecular flexibility index (Phi) is 7.39. The van der Waals surface area contributed by atoms with Crippen molar-refractivity contribution < 1.29 is 34.4 Å². The Morgan fingerprint density at radius 2 is 1.61 bits per heavy atom. The van der Waals surface area contributed by atoms with E-state index in [9.17, 15) is 19.8 Å². The van der Waals surface area contributed by atoms with Gasteiger partial charge in [0.2, 0.25) is 17.6 Å². The van der Waals surface area contributed by atoms with Crippen molar-refractivity contribution in [3.8, 4) is 29.1 Å². The van der Waals surface area contributed by atoms with Gasteiger partial charge in [-0.3, -0.25) is 4.79 Å². The second-order valence-corrected chi connectivity index (χ2v) is 9.83. The topological polar surface area (TPSA) is 134 Å². The maximum absolute atomic E-state index is 12.7. The van der Waals surface area contributed by atoms with Crippen molar-refractivity contribution >= 4 is 12.1 Å². The Bertz CT molecular complexity index is 1260. The lowest BCUT2D eigenvalue weighted by Crippen LogP contribution is -2.41. The highest BCUT2D eigenvalue weighted by atomic mass is 16.6. The molecule has 0 radical (unpaired) electrons. The summed E-state index contributed by atoms with van der Waals surface area (Å²) in [5.74, 6) is 0.329. The number of hydrogen-bond donors (Lipinski definition) is 3. The molecule has 1 saturated heterocycles. The fourth-order valence-corrected chi connectivity index (χ4v) is 5.11. The van der Waals surface area contributed by atoms with Crippen molar-refractivity contribution in [1.29, 1.82) is 0 Å². The van der Waals surface area contributed by atoms with E-state index < -0.39 is 12.1 Å². The summed E-state index contributed by atoms with van der Waals surface area (Å²) in [6.45, 7) is 1.60. The molecule has 3 aromatic rings. The number of benzene rings is 1. The normalized spacial score (nSPS) is 15.6. The summed E-state index contributed by atoms with van der Waals surface area (Å²) in [7, 11) is 0. The highest BCUT2D eigenvalue weighted by Gasteiger charge is 2.27. The molecule has 200 valence electrons. The number of aliphatic carboxylic acids is 1. The maximum atomic E-state index is 12.7. The second kappa shape index (κ2) is 11.0. The molecule has 10 heteroatoms. The van der Waals surface area contributed by atoms with Gasteiger partial charge in [-0.05, 0) is 68.2 Å². The number of aromatic nitrogens is 2. The molecule has 0 saturated carbocycles. The zero-order valence-corrected chi connectivity index (χ0v) is 21.0. The molecule has 2 aliphatic rings. The Morgan fingerprint density at radius 3 is 2.18 bits per heavy atom. The number of ether oxygens (including phenoxy) is 2. The van der Waals surface area contributed by atoms with Gasteiger partial charge in [-0.1, -0.05) is 12.1 Å². The number of piperidine rings is 1. The van der Waals surface area contributed by atoms with Crippen LogP contribution in [0, 0.1) is 5.92 Å². The number of nitrogens with zero attached hydrogens (tertiary/aromatic N) is 3. The van der Waals surface area contributed by atoms with Crippen LogP contribution >= 0.6 is 0 Å². The number of likely N-dealkylation sites (tertiary alicyclic amines) is 1. The van der Waals surface area contributed by atoms with Crippen LogP contribution in [0.25, 0.3) is 5.69 Å². The van der Waals surface area contributed by atoms with Gasteiger partial charge in [0, 0.05) is 30.3 Å². The molecular formula is C28H31N3O7. The minimum Gasteiger partial charge on any atom is -0.494 e. The third kappa shape index (κ3) is 5.53. The smallest absolute Gasteiger partial charge is 0.416 e. The molecular weight excluding hydrogens is 490 g/mol. The van der Waals surface area contributed by atoms with Crippen LogP contribution in [-0.4, -0.2) is 61.5 Å². The van der Waals surface area contributed by atoms with Crippen molar-refractivity contribution in [3.05, 3.63) is 59.3 Å². The quantitative estimate of drug-likeness (QED) is 0.423. The highest BCUT2D eigenvalue weighted by Crippen LogP contribution is 2.40. The summed E-state index contributed by atoms with van der Waals surface area (Å²) in [5.41, 5.74) is 2.78. The van der Waals surface area contributed by atoms with E-state index in [1.807, 2.05) is 0 Å². The van der Waals surface area contributed by atoms with Crippen molar-refractivity contribution in [2.75, 3.05) is 19.7 Å². The lowest BCUT2D eigenvalue weighted by atomic mass is 9.95. The van der Waals surface area contributed by atoms with E-state index in [0.717, 1.165) is 55.2 Å². The first-order valence-electron chi connectivity index (χ1n) is 12.9. The minimum atomic E-state index is -0.868. The van der Waals surface area contributed by atoms with Crippen LogP contribution in [-0.2, 0) is 24.1 Å². The van der Waals surface area contributed by atoms with E-state index in [1.165, 1.54) is 10.8 Å². The number of hydrogen-bond acceptors (Lipinski definition) is 7. The first kappa shape index (κ1) is 25.4. The molecule has 5 rings (SSSR count). The number of pyridine rings is 1. The van der Waals surface area contributed by atoms with Crippen molar-refractivity contribution in [2.24, 2.45) is 5.92 Å². The monoisotopic (exact) mass is 521 g/mol. The molecule has 0 bridgehead atoms. The number of fused-ring (bicyclic) bond motifs is 1. The molecule has 1 fully saturated rings. The van der Waals surface area contributed by atoms with Gasteiger partial charge >= 0.3 is 12.1 Å². The fraction of sp³-hybridized carbons (Fsp3) is 0.393. The average Bonchev–Trinajstić information content (AvgIpc) is 3.18. The number of carbonyl (C=O) groups is 2. The Labute approximate surface area is 220 Å². The lowest BCUT2D eigenvalue weighted by molar-refractivity contribution is -0.136. The summed E-state index contributed by atoms with van der Waals surface area (Å²) in [6, 6.07) is 10.2. The van der Waals surface area contributed by atoms with Gasteiger partial charge in [-0.15, -0.1) is 0 Å². The number of amides is 1. The average molecular weight is 522 g/mol. The number of carboxylic acids is 1. The SMILES string of the molecule is O=C(O)Cc1ccc(OCC2CCN(C(=O)Oc3ccc(-n4c(O)c5c(c4O)CCCC5)cn3)CC2)cc1. The minimum absolute atomic E-state index is 0.0174. The number of aromatic hydroxyl groups is 2. The summed E-state index contributed by atoms with van der Waals surface area (Å²) in [4.78, 5) is 29.3. The van der Waals surface area contributed by atoms with Gasteiger partial charge in [-0.25, -0.2) is 14.3 Å². The van der Waals surface area contributed by atoms with Crippen molar-refractivity contribution in [3.63, 3.8) is 0 Å². The van der Waals surface area contributed by atoms with Gasteiger partial charge in [0.05, 0.1) is 24.9 Å². The second-order valence-electron chi connectivity index (χ2n) is 9.83. The molecule has 3 heterocycles. The van der Waals surface area contributed by atoms with Gasteiger partial charge in [0.15, 0.2) is 0 Å². The number of carbonyl (C=O) groups excluding carboxylic acids is 1. The maximum Gasteiger partial charge on any atom is 0.416 e. The van der Waals surface area contributed by atoms with Crippen LogP contribution in [0.1, 0.15) is 42.4 Å². The number of carboxylic acid groups (broad SMARTS) is 1. The molecule has 0 atom stereocenters. The fourth-order valence-electron chi connectivity index (χ4n) is 5.11. The summed E-state index contributed by atoms with van der Waals surface area (Å²) in [6.07, 6.45) is 5.94. The standard InChI is InChI=1S/C28H31N3O7/c32-25(33)15-18-5-8-21(9-6-18)37-17-19-11-13-30(14-12-19)28(36)38-24-10-7-20(16-29-24)31-26(34)22-3-1-2-4-23(22)27(31)35/h5-10,16,19,34-35H,1-4,11-15,17H2,(H,32,33). The molecule has 3 N–H and O–H groups in total. The molecule has 2 aromatic heterocycles. The Balaban J connectivity index is 1.10. The van der Waals surface area contributed by atoms with Crippen LogP contribution < -0.4 is 9.47 Å². The first-order chi connectivity index (χ1) is 18.4. The van der Waals surface area contributed by atoms with Crippen LogP contribution in [0.2, 0.25) is 0 Å². The molecule has 0 spiro atoms. The first-order valence-corrected chi connectivity index (χ1v) is 12.9. The van der Waals surface area contributed by atoms with E-state index in [4.69, 9.17) is 14.6 Å². The third-order valence-corrected chi connectivity index (χ3v) is 7.24. The van der Waals surface area contributed by atoms with Crippen LogP contribution in [0.4, 0.5) is 4.79 Å². The Morgan fingerprint density at radius 1 is 0.947 bits per heavy atom. The van der Waals surface area contributed by atoms with E-state index in [1.54, 1.807) is 41.3 Å². The molecule has 38 heavy (non-hydrogen) atoms. The summed E-state index contributed by atoms with van der Waals surface area (Å²) >= 11 is 0. The summed E-state index contributed by atoms with van der Waals surface area (Å²) < 4.78 is 12.7. The molecule has 1 aromatic carbocycles. The predicted octanol–water partition coefficient (Wildman–Crippen LogP) is 4.08. The molecule has 1 aliphatic heterocycles. The lowest BCUT2D eigenvalue weighted by Gasteiger charge is -2.31. The van der Waals surface area contributed by atoms with Gasteiger partial charge in [0.1, 0.15) is 5.75 Å². The predicted molar refractivity (Wildman–Crippen MR) is 137 cm³/mol. The van der Waals surface area contributed by atoms with E-state index in [-0.39, 0.29) is 24.1 Å². The van der Waals surface area contributed by atoms with Gasteiger partial charge in [-0.2, -0.15) is 0 Å².